The highest BCUT2D eigenvalue weighted by Gasteiger charge is 2.32. The van der Waals surface area contributed by atoms with Crippen molar-refractivity contribution in [2.75, 3.05) is 23.8 Å². The van der Waals surface area contributed by atoms with Crippen LogP contribution in [0.4, 0.5) is 15.2 Å². The lowest BCUT2D eigenvalue weighted by atomic mass is 10.2. The van der Waals surface area contributed by atoms with Gasteiger partial charge in [0.1, 0.15) is 11.5 Å². The first-order valence-corrected chi connectivity index (χ1v) is 7.95. The number of thiazole rings is 1. The highest BCUT2D eigenvalue weighted by Crippen LogP contribution is 2.22. The fraction of sp³-hybridized carbons (Fsp3) is 0.267. The van der Waals surface area contributed by atoms with Gasteiger partial charge in [-0.3, -0.25) is 9.59 Å². The highest BCUT2D eigenvalue weighted by molar-refractivity contribution is 7.13. The van der Waals surface area contributed by atoms with Crippen LogP contribution < -0.4 is 15.5 Å². The van der Waals surface area contributed by atoms with Crippen LogP contribution in [0.5, 0.6) is 0 Å². The number of halogens is 1. The lowest BCUT2D eigenvalue weighted by molar-refractivity contribution is -0.117. The van der Waals surface area contributed by atoms with Gasteiger partial charge in [-0.15, -0.1) is 11.3 Å². The third kappa shape index (κ3) is 3.31. The summed E-state index contributed by atoms with van der Waals surface area (Å²) < 4.78 is 13.0. The molecule has 3 rings (SSSR count). The van der Waals surface area contributed by atoms with E-state index in [1.165, 1.54) is 23.5 Å². The Labute approximate surface area is 136 Å². The quantitative estimate of drug-likeness (QED) is 0.895. The van der Waals surface area contributed by atoms with E-state index in [0.717, 1.165) is 0 Å². The fourth-order valence-corrected chi connectivity index (χ4v) is 3.08. The minimum absolute atomic E-state index is 0.101. The monoisotopic (exact) mass is 334 g/mol. The predicted octanol–water partition coefficient (Wildman–Crippen LogP) is 1.86. The Morgan fingerprint density at radius 2 is 2.13 bits per heavy atom. The zero-order chi connectivity index (χ0) is 16.4. The van der Waals surface area contributed by atoms with Crippen molar-refractivity contribution >= 4 is 34.0 Å². The average Bonchev–Trinajstić information content (AvgIpc) is 3.15. The van der Waals surface area contributed by atoms with Gasteiger partial charge < -0.3 is 15.5 Å². The smallest absolute Gasteiger partial charge is 0.271 e. The summed E-state index contributed by atoms with van der Waals surface area (Å²) >= 11 is 1.34. The van der Waals surface area contributed by atoms with Crippen molar-refractivity contribution in [3.05, 3.63) is 41.2 Å². The maximum Gasteiger partial charge on any atom is 0.271 e. The molecule has 1 aliphatic rings. The summed E-state index contributed by atoms with van der Waals surface area (Å²) in [6, 6.07) is 5.43. The van der Waals surface area contributed by atoms with Gasteiger partial charge in [0.15, 0.2) is 5.13 Å². The van der Waals surface area contributed by atoms with Crippen LogP contribution in [0.15, 0.2) is 29.6 Å². The van der Waals surface area contributed by atoms with Crippen molar-refractivity contribution in [1.29, 1.82) is 0 Å². The van der Waals surface area contributed by atoms with Crippen molar-refractivity contribution in [2.45, 2.75) is 12.5 Å². The fourth-order valence-electron chi connectivity index (χ4n) is 2.43. The number of nitrogens with zero attached hydrogens (tertiary/aromatic N) is 2. The molecule has 2 heterocycles. The van der Waals surface area contributed by atoms with Crippen molar-refractivity contribution in [1.82, 2.24) is 10.3 Å². The van der Waals surface area contributed by atoms with Crippen LogP contribution in [0.25, 0.3) is 0 Å². The third-order valence-electron chi connectivity index (χ3n) is 3.55. The normalized spacial score (nSPS) is 17.4. The molecule has 1 aromatic carbocycles. The Bertz CT molecular complexity index is 731. The standard InChI is InChI=1S/C15H15FN4O2S/c1-17-15-19-12(8-23-15)14(22)18-10-6-13(21)20(7-10)11-4-2-9(16)3-5-11/h2-5,8,10H,6-7H2,1H3,(H,17,19)(H,18,22)/t10-/m1/s1. The second kappa shape index (κ2) is 6.33. The van der Waals surface area contributed by atoms with Gasteiger partial charge >= 0.3 is 0 Å². The second-order valence-corrected chi connectivity index (χ2v) is 6.00. The number of benzene rings is 1. The summed E-state index contributed by atoms with van der Waals surface area (Å²) in [4.78, 5) is 29.9. The van der Waals surface area contributed by atoms with Gasteiger partial charge in [-0.2, -0.15) is 0 Å². The lowest BCUT2D eigenvalue weighted by Crippen LogP contribution is -2.37. The maximum absolute atomic E-state index is 13.0. The first kappa shape index (κ1) is 15.4. The number of carbonyl (C=O) groups excluding carboxylic acids is 2. The van der Waals surface area contributed by atoms with Gasteiger partial charge in [0, 0.05) is 31.1 Å². The van der Waals surface area contributed by atoms with E-state index in [9.17, 15) is 14.0 Å². The van der Waals surface area contributed by atoms with Crippen LogP contribution >= 0.6 is 11.3 Å². The molecule has 0 unspecified atom stereocenters. The SMILES string of the molecule is CNc1nc(C(=O)N[C@@H]2CC(=O)N(c3ccc(F)cc3)C2)cs1. The van der Waals surface area contributed by atoms with E-state index in [1.54, 1.807) is 29.5 Å². The molecule has 6 nitrogen and oxygen atoms in total. The van der Waals surface area contributed by atoms with Crippen LogP contribution in [-0.2, 0) is 4.79 Å². The Hall–Kier alpha value is -2.48. The van der Waals surface area contributed by atoms with Crippen LogP contribution in [0.3, 0.4) is 0 Å². The van der Waals surface area contributed by atoms with Gasteiger partial charge in [-0.1, -0.05) is 0 Å². The molecule has 2 amide bonds. The second-order valence-electron chi connectivity index (χ2n) is 5.14. The highest BCUT2D eigenvalue weighted by atomic mass is 32.1. The molecule has 1 atom stereocenters. The minimum atomic E-state index is -0.353. The van der Waals surface area contributed by atoms with Crippen molar-refractivity contribution in [2.24, 2.45) is 0 Å². The number of rotatable bonds is 4. The summed E-state index contributed by atoms with van der Waals surface area (Å²) in [5.41, 5.74) is 0.950. The Morgan fingerprint density at radius 3 is 2.78 bits per heavy atom. The molecule has 0 aliphatic carbocycles. The number of anilines is 2. The molecule has 0 bridgehead atoms. The van der Waals surface area contributed by atoms with E-state index in [2.05, 4.69) is 15.6 Å². The molecule has 2 N–H and O–H groups in total. The molecule has 2 aromatic rings. The van der Waals surface area contributed by atoms with Crippen LogP contribution in [0.2, 0.25) is 0 Å². The summed E-state index contributed by atoms with van der Waals surface area (Å²) in [6.45, 7) is 0.360. The maximum atomic E-state index is 13.0. The number of aromatic nitrogens is 1. The van der Waals surface area contributed by atoms with Crippen molar-refractivity contribution in [3.63, 3.8) is 0 Å². The molecule has 1 aromatic heterocycles. The number of hydrogen-bond donors (Lipinski definition) is 2. The molecule has 0 radical (unpaired) electrons. The molecule has 0 spiro atoms. The van der Waals surface area contributed by atoms with Crippen LogP contribution in [-0.4, -0.2) is 36.4 Å². The summed E-state index contributed by atoms with van der Waals surface area (Å²) in [6.07, 6.45) is 0.214. The molecule has 8 heteroatoms. The van der Waals surface area contributed by atoms with E-state index in [-0.39, 0.29) is 30.1 Å². The van der Waals surface area contributed by atoms with Gasteiger partial charge in [0.2, 0.25) is 5.91 Å². The third-order valence-corrected chi connectivity index (χ3v) is 4.41. The summed E-state index contributed by atoms with van der Waals surface area (Å²) in [5.74, 6) is -0.758. The molecular formula is C15H15FN4O2S. The van der Waals surface area contributed by atoms with Gasteiger partial charge in [0.25, 0.3) is 5.91 Å². The number of carbonyl (C=O) groups is 2. The van der Waals surface area contributed by atoms with E-state index < -0.39 is 0 Å². The van der Waals surface area contributed by atoms with Crippen LogP contribution in [0.1, 0.15) is 16.9 Å². The molecular weight excluding hydrogens is 319 g/mol. The lowest BCUT2D eigenvalue weighted by Gasteiger charge is -2.17. The number of hydrogen-bond acceptors (Lipinski definition) is 5. The molecule has 0 saturated carbocycles. The zero-order valence-electron chi connectivity index (χ0n) is 12.4. The van der Waals surface area contributed by atoms with E-state index in [4.69, 9.17) is 0 Å². The van der Waals surface area contributed by atoms with Gasteiger partial charge in [-0.05, 0) is 24.3 Å². The van der Waals surface area contributed by atoms with Gasteiger partial charge in [-0.25, -0.2) is 9.37 Å². The molecule has 120 valence electrons. The topological polar surface area (TPSA) is 74.3 Å². The summed E-state index contributed by atoms with van der Waals surface area (Å²) in [5, 5.41) is 8.01. The van der Waals surface area contributed by atoms with Crippen molar-refractivity contribution < 1.29 is 14.0 Å². The number of amides is 2. The molecule has 1 aliphatic heterocycles. The van der Waals surface area contributed by atoms with E-state index in [1.807, 2.05) is 0 Å². The Balaban J connectivity index is 1.65. The number of nitrogens with one attached hydrogen (secondary N) is 2. The van der Waals surface area contributed by atoms with Crippen LogP contribution in [0, 0.1) is 5.82 Å². The summed E-state index contributed by atoms with van der Waals surface area (Å²) in [7, 11) is 1.73. The molecule has 1 saturated heterocycles. The largest absolute Gasteiger partial charge is 0.365 e. The zero-order valence-corrected chi connectivity index (χ0v) is 13.2. The van der Waals surface area contributed by atoms with Gasteiger partial charge in [0.05, 0.1) is 6.04 Å². The van der Waals surface area contributed by atoms with E-state index >= 15 is 0 Å². The van der Waals surface area contributed by atoms with E-state index in [0.29, 0.717) is 23.1 Å². The minimum Gasteiger partial charge on any atom is -0.365 e. The average molecular weight is 334 g/mol. The van der Waals surface area contributed by atoms with Crippen molar-refractivity contribution in [3.8, 4) is 0 Å². The molecule has 23 heavy (non-hydrogen) atoms. The Kier molecular flexibility index (Phi) is 4.24. The first-order chi connectivity index (χ1) is 11.1. The molecule has 1 fully saturated rings. The first-order valence-electron chi connectivity index (χ1n) is 7.07. The predicted molar refractivity (Wildman–Crippen MR) is 86.3 cm³/mol. The Morgan fingerprint density at radius 1 is 1.39 bits per heavy atom.